The Morgan fingerprint density at radius 2 is 1.71 bits per heavy atom. The highest BCUT2D eigenvalue weighted by atomic mass is 32.2. The first-order chi connectivity index (χ1) is 17.0. The SMILES string of the molecule is COc1ccc(-n2c(SCc3cc(=O)n4cc(C)ccc4n3)nc3ccccc3c2=O)cc1OC. The van der Waals surface area contributed by atoms with Crippen LogP contribution in [0.3, 0.4) is 0 Å². The Labute approximate surface area is 204 Å². The van der Waals surface area contributed by atoms with Crippen LogP contribution in [-0.2, 0) is 5.75 Å². The van der Waals surface area contributed by atoms with Crippen molar-refractivity contribution in [2.24, 2.45) is 0 Å². The van der Waals surface area contributed by atoms with Gasteiger partial charge in [-0.25, -0.2) is 9.97 Å². The van der Waals surface area contributed by atoms with Gasteiger partial charge in [0.25, 0.3) is 11.1 Å². The number of para-hydroxylation sites is 1. The van der Waals surface area contributed by atoms with Crippen molar-refractivity contribution in [3.05, 3.63) is 98.8 Å². The Hall–Kier alpha value is -4.11. The van der Waals surface area contributed by atoms with Crippen LogP contribution in [0.4, 0.5) is 0 Å². The largest absolute Gasteiger partial charge is 0.493 e. The maximum absolute atomic E-state index is 13.5. The van der Waals surface area contributed by atoms with E-state index >= 15 is 0 Å². The standard InChI is InChI=1S/C26H22N4O4S/c1-16-8-11-23-27-17(12-24(31)29(23)14-16)15-35-26-28-20-7-5-4-6-19(20)25(32)30(26)18-9-10-21(33-2)22(13-18)34-3/h4-14H,15H2,1-3H3. The molecule has 5 aromatic rings. The lowest BCUT2D eigenvalue weighted by Crippen LogP contribution is -2.22. The zero-order chi connectivity index (χ0) is 24.5. The third-order valence-corrected chi connectivity index (χ3v) is 6.55. The molecule has 3 heterocycles. The molecule has 0 saturated heterocycles. The molecular weight excluding hydrogens is 464 g/mol. The van der Waals surface area contributed by atoms with Gasteiger partial charge in [0.1, 0.15) is 5.65 Å². The van der Waals surface area contributed by atoms with Crippen LogP contribution in [0.5, 0.6) is 11.5 Å². The lowest BCUT2D eigenvalue weighted by atomic mass is 10.2. The van der Waals surface area contributed by atoms with Crippen molar-refractivity contribution >= 4 is 28.3 Å². The molecule has 176 valence electrons. The Morgan fingerprint density at radius 3 is 2.51 bits per heavy atom. The van der Waals surface area contributed by atoms with Crippen molar-refractivity contribution in [3.8, 4) is 17.2 Å². The maximum atomic E-state index is 13.5. The van der Waals surface area contributed by atoms with Gasteiger partial charge in [-0.2, -0.15) is 0 Å². The van der Waals surface area contributed by atoms with E-state index in [1.165, 1.54) is 22.2 Å². The monoisotopic (exact) mass is 486 g/mol. The Balaban J connectivity index is 1.61. The predicted molar refractivity (Wildman–Crippen MR) is 136 cm³/mol. The van der Waals surface area contributed by atoms with Gasteiger partial charge in [-0.3, -0.25) is 18.6 Å². The molecule has 35 heavy (non-hydrogen) atoms. The summed E-state index contributed by atoms with van der Waals surface area (Å²) in [7, 11) is 3.10. The fourth-order valence-corrected chi connectivity index (χ4v) is 4.78. The van der Waals surface area contributed by atoms with Gasteiger partial charge in [0, 0.05) is 24.1 Å². The van der Waals surface area contributed by atoms with Crippen LogP contribution in [0.25, 0.3) is 22.2 Å². The highest BCUT2D eigenvalue weighted by molar-refractivity contribution is 7.98. The van der Waals surface area contributed by atoms with Gasteiger partial charge in [0.2, 0.25) is 0 Å². The number of thioether (sulfide) groups is 1. The number of hydrogen-bond acceptors (Lipinski definition) is 7. The molecular formula is C26H22N4O4S. The number of aryl methyl sites for hydroxylation is 1. The van der Waals surface area contributed by atoms with E-state index in [4.69, 9.17) is 14.5 Å². The summed E-state index contributed by atoms with van der Waals surface area (Å²) in [6.07, 6.45) is 1.77. The molecule has 0 unspecified atom stereocenters. The molecule has 0 amide bonds. The number of methoxy groups -OCH3 is 2. The fourth-order valence-electron chi connectivity index (χ4n) is 3.87. The first kappa shape index (κ1) is 22.7. The second-order valence-corrected chi connectivity index (χ2v) is 8.84. The number of benzene rings is 2. The molecule has 0 aliphatic carbocycles. The van der Waals surface area contributed by atoms with Crippen molar-refractivity contribution in [2.75, 3.05) is 14.2 Å². The molecule has 0 fully saturated rings. The fraction of sp³-hybridized carbons (Fsp3) is 0.154. The normalized spacial score (nSPS) is 11.2. The third-order valence-electron chi connectivity index (χ3n) is 5.58. The minimum atomic E-state index is -0.202. The number of rotatable bonds is 6. The Kier molecular flexibility index (Phi) is 6.00. The summed E-state index contributed by atoms with van der Waals surface area (Å²) >= 11 is 1.34. The molecule has 0 aliphatic rings. The molecule has 0 bridgehead atoms. The Bertz CT molecular complexity index is 1690. The summed E-state index contributed by atoms with van der Waals surface area (Å²) in [6, 6.07) is 17.7. The van der Waals surface area contributed by atoms with E-state index in [0.717, 1.165) is 5.56 Å². The van der Waals surface area contributed by atoms with Crippen molar-refractivity contribution in [1.29, 1.82) is 0 Å². The van der Waals surface area contributed by atoms with Crippen LogP contribution in [0.1, 0.15) is 11.3 Å². The molecule has 8 nitrogen and oxygen atoms in total. The number of hydrogen-bond donors (Lipinski definition) is 0. The maximum Gasteiger partial charge on any atom is 0.266 e. The quantitative estimate of drug-likeness (QED) is 0.265. The Morgan fingerprint density at radius 1 is 0.914 bits per heavy atom. The van der Waals surface area contributed by atoms with Crippen LogP contribution in [0, 0.1) is 6.92 Å². The van der Waals surface area contributed by atoms with E-state index in [0.29, 0.717) is 50.3 Å². The molecule has 2 aromatic carbocycles. The molecule has 0 saturated carbocycles. The number of aromatic nitrogens is 4. The van der Waals surface area contributed by atoms with Crippen LogP contribution in [-0.4, -0.2) is 33.2 Å². The molecule has 0 aliphatic heterocycles. The minimum Gasteiger partial charge on any atom is -0.493 e. The number of pyridine rings is 1. The van der Waals surface area contributed by atoms with Gasteiger partial charge in [-0.15, -0.1) is 0 Å². The highest BCUT2D eigenvalue weighted by Crippen LogP contribution is 2.31. The summed E-state index contributed by atoms with van der Waals surface area (Å²) in [5.41, 5.74) is 2.98. The molecule has 0 atom stereocenters. The zero-order valence-electron chi connectivity index (χ0n) is 19.4. The van der Waals surface area contributed by atoms with Gasteiger partial charge < -0.3 is 9.47 Å². The van der Waals surface area contributed by atoms with E-state index in [1.807, 2.05) is 37.3 Å². The molecule has 0 spiro atoms. The lowest BCUT2D eigenvalue weighted by molar-refractivity contribution is 0.354. The second-order valence-electron chi connectivity index (χ2n) is 7.90. The van der Waals surface area contributed by atoms with Gasteiger partial charge in [0.15, 0.2) is 16.7 Å². The van der Waals surface area contributed by atoms with E-state index in [-0.39, 0.29) is 11.1 Å². The van der Waals surface area contributed by atoms with Crippen molar-refractivity contribution in [1.82, 2.24) is 18.9 Å². The van der Waals surface area contributed by atoms with Crippen molar-refractivity contribution in [3.63, 3.8) is 0 Å². The molecule has 0 N–H and O–H groups in total. The van der Waals surface area contributed by atoms with Gasteiger partial charge >= 0.3 is 0 Å². The zero-order valence-corrected chi connectivity index (χ0v) is 20.2. The second kappa shape index (κ2) is 9.27. The highest BCUT2D eigenvalue weighted by Gasteiger charge is 2.16. The van der Waals surface area contributed by atoms with Gasteiger partial charge in [-0.1, -0.05) is 30.0 Å². The van der Waals surface area contributed by atoms with Crippen LogP contribution in [0.2, 0.25) is 0 Å². The van der Waals surface area contributed by atoms with Gasteiger partial charge in [0.05, 0.1) is 36.5 Å². The van der Waals surface area contributed by atoms with Crippen LogP contribution >= 0.6 is 11.8 Å². The first-order valence-corrected chi connectivity index (χ1v) is 11.8. The average Bonchev–Trinajstić information content (AvgIpc) is 2.87. The lowest BCUT2D eigenvalue weighted by Gasteiger charge is -2.15. The van der Waals surface area contributed by atoms with E-state index < -0.39 is 0 Å². The summed E-state index contributed by atoms with van der Waals surface area (Å²) in [5, 5.41) is 0.982. The molecule has 0 radical (unpaired) electrons. The summed E-state index contributed by atoms with van der Waals surface area (Å²) < 4.78 is 13.9. The van der Waals surface area contributed by atoms with Crippen molar-refractivity contribution < 1.29 is 9.47 Å². The van der Waals surface area contributed by atoms with Crippen LogP contribution in [0.15, 0.2) is 81.6 Å². The first-order valence-electron chi connectivity index (χ1n) is 10.8. The summed E-state index contributed by atoms with van der Waals surface area (Å²) in [5.74, 6) is 1.42. The van der Waals surface area contributed by atoms with E-state index in [9.17, 15) is 9.59 Å². The molecule has 5 rings (SSSR count). The number of fused-ring (bicyclic) bond motifs is 2. The molecule has 9 heteroatoms. The van der Waals surface area contributed by atoms with E-state index in [1.54, 1.807) is 49.2 Å². The summed E-state index contributed by atoms with van der Waals surface area (Å²) in [6.45, 7) is 1.93. The number of nitrogens with zero attached hydrogens (tertiary/aromatic N) is 4. The van der Waals surface area contributed by atoms with E-state index in [2.05, 4.69) is 4.98 Å². The van der Waals surface area contributed by atoms with Crippen molar-refractivity contribution in [2.45, 2.75) is 17.8 Å². The predicted octanol–water partition coefficient (Wildman–Crippen LogP) is 4.01. The minimum absolute atomic E-state index is 0.155. The molecule has 3 aromatic heterocycles. The van der Waals surface area contributed by atoms with Crippen LogP contribution < -0.4 is 20.6 Å². The third kappa shape index (κ3) is 4.26. The smallest absolute Gasteiger partial charge is 0.266 e. The van der Waals surface area contributed by atoms with Gasteiger partial charge in [-0.05, 0) is 42.8 Å². The average molecular weight is 487 g/mol. The number of ether oxygens (including phenoxy) is 2. The summed E-state index contributed by atoms with van der Waals surface area (Å²) in [4.78, 5) is 35.6. The topological polar surface area (TPSA) is 87.7 Å².